The van der Waals surface area contributed by atoms with Gasteiger partial charge in [0.15, 0.2) is 46.0 Å². The first-order valence-electron chi connectivity index (χ1n) is 14.1. The molecule has 4 aromatic carbocycles. The summed E-state index contributed by atoms with van der Waals surface area (Å²) in [7, 11) is 5.21. The van der Waals surface area contributed by atoms with Crippen molar-refractivity contribution in [3.05, 3.63) is 70.8 Å². The van der Waals surface area contributed by atoms with Gasteiger partial charge in [-0.2, -0.15) is 0 Å². The molecule has 0 saturated heterocycles. The van der Waals surface area contributed by atoms with Crippen molar-refractivity contribution in [1.82, 2.24) is 0 Å². The van der Waals surface area contributed by atoms with Crippen LogP contribution in [0.5, 0.6) is 57.5 Å². The number of ether oxygens (including phenoxy) is 8. The first-order chi connectivity index (χ1) is 23.1. The van der Waals surface area contributed by atoms with Crippen molar-refractivity contribution < 1.29 is 67.3 Å². The van der Waals surface area contributed by atoms with Gasteiger partial charge in [0, 0.05) is 22.3 Å². The summed E-state index contributed by atoms with van der Waals surface area (Å²) in [5.74, 6) is -4.36. The summed E-state index contributed by atoms with van der Waals surface area (Å²) in [5.41, 5.74) is -1.17. The number of phenols is 2. The number of hydrogen-bond acceptors (Lipinski definition) is 14. The zero-order valence-electron chi connectivity index (χ0n) is 25.8. The van der Waals surface area contributed by atoms with Gasteiger partial charge < -0.3 is 48.1 Å². The van der Waals surface area contributed by atoms with Gasteiger partial charge in [-0.25, -0.2) is 0 Å². The highest BCUT2D eigenvalue weighted by molar-refractivity contribution is 6.52. The summed E-state index contributed by atoms with van der Waals surface area (Å²) in [4.78, 5) is 55.2. The van der Waals surface area contributed by atoms with Crippen LogP contribution in [0.1, 0.15) is 41.4 Å². The number of fused-ring (bicyclic) bond motifs is 2. The molecule has 0 amide bonds. The number of Topliss-reactive ketones (excluding diaryl/α,β-unsaturated/α-hetero) is 4. The molecule has 14 nitrogen and oxygen atoms in total. The van der Waals surface area contributed by atoms with Crippen LogP contribution in [0.3, 0.4) is 0 Å². The van der Waals surface area contributed by atoms with E-state index in [1.54, 1.807) is 0 Å². The fourth-order valence-electron chi connectivity index (χ4n) is 5.31. The third-order valence-corrected chi connectivity index (χ3v) is 7.67. The minimum Gasteiger partial charge on any atom is -0.504 e. The highest BCUT2D eigenvalue weighted by Gasteiger charge is 2.32. The summed E-state index contributed by atoms with van der Waals surface area (Å²) < 4.78 is 42.6. The van der Waals surface area contributed by atoms with Crippen molar-refractivity contribution in [2.45, 2.75) is 0 Å². The van der Waals surface area contributed by atoms with Gasteiger partial charge >= 0.3 is 0 Å². The first-order valence-corrected chi connectivity index (χ1v) is 14.1. The van der Waals surface area contributed by atoms with E-state index >= 15 is 0 Å². The third kappa shape index (κ3) is 5.28. The molecule has 0 bridgehead atoms. The van der Waals surface area contributed by atoms with Gasteiger partial charge in [0.05, 0.1) is 28.4 Å². The van der Waals surface area contributed by atoms with Crippen LogP contribution in [-0.2, 0) is 0 Å². The zero-order chi connectivity index (χ0) is 34.3. The van der Waals surface area contributed by atoms with Crippen molar-refractivity contribution in [2.75, 3.05) is 42.0 Å². The molecule has 0 atom stereocenters. The molecule has 4 aromatic rings. The highest BCUT2D eigenvalue weighted by Crippen LogP contribution is 2.45. The standard InChI is InChI=1S/C34H26O14/c1-41-23-11-17(19(9-21(23)35)31(39)29(37)15-5-25(43-3)33-27(7-15)45-13-47-33)18-12-24(42-2)22(36)10-20(18)32(40)30(38)16-6-26(44-4)34-28(8-16)46-14-48-34/h5-12,35-36H,13-14H2,1-4H3. The number of carbonyl (C=O) groups excluding carboxylic acids is 4. The fraction of sp³-hybridized carbons (Fsp3) is 0.176. The second-order valence-corrected chi connectivity index (χ2v) is 10.3. The van der Waals surface area contributed by atoms with Gasteiger partial charge in [-0.05, 0) is 59.7 Å². The molecular formula is C34H26O14. The van der Waals surface area contributed by atoms with Gasteiger partial charge in [0.2, 0.25) is 48.2 Å². The lowest BCUT2D eigenvalue weighted by Crippen LogP contribution is -2.18. The average molecular weight is 659 g/mol. The minimum absolute atomic E-state index is 0.103. The summed E-state index contributed by atoms with van der Waals surface area (Å²) in [6.45, 7) is -0.240. The lowest BCUT2D eigenvalue weighted by molar-refractivity contribution is 0.0815. The molecule has 0 aromatic heterocycles. The lowest BCUT2D eigenvalue weighted by atomic mass is 9.87. The van der Waals surface area contributed by atoms with E-state index in [0.29, 0.717) is 0 Å². The number of phenolic OH excluding ortho intramolecular Hbond substituents is 2. The summed E-state index contributed by atoms with van der Waals surface area (Å²) in [5, 5.41) is 21.4. The highest BCUT2D eigenvalue weighted by atomic mass is 16.7. The number of methoxy groups -OCH3 is 4. The Morgan fingerprint density at radius 1 is 0.500 bits per heavy atom. The second kappa shape index (κ2) is 12.4. The molecule has 0 radical (unpaired) electrons. The molecule has 0 spiro atoms. The van der Waals surface area contributed by atoms with Crippen LogP contribution in [-0.4, -0.2) is 75.4 Å². The van der Waals surface area contributed by atoms with Crippen molar-refractivity contribution in [1.29, 1.82) is 0 Å². The van der Waals surface area contributed by atoms with Crippen LogP contribution in [0.2, 0.25) is 0 Å². The lowest BCUT2D eigenvalue weighted by Gasteiger charge is -2.17. The van der Waals surface area contributed by atoms with Gasteiger partial charge in [-0.15, -0.1) is 0 Å². The molecule has 0 unspecified atom stereocenters. The zero-order valence-corrected chi connectivity index (χ0v) is 25.8. The Morgan fingerprint density at radius 3 is 1.23 bits per heavy atom. The number of aromatic hydroxyl groups is 2. The van der Waals surface area contributed by atoms with E-state index < -0.39 is 34.6 Å². The maximum atomic E-state index is 13.9. The van der Waals surface area contributed by atoms with E-state index in [2.05, 4.69) is 0 Å². The Morgan fingerprint density at radius 2 is 0.875 bits per heavy atom. The molecule has 2 aliphatic heterocycles. The fourth-order valence-corrected chi connectivity index (χ4v) is 5.31. The number of benzene rings is 4. The number of carbonyl (C=O) groups is 4. The Hall–Kier alpha value is -6.44. The Labute approximate surface area is 271 Å². The van der Waals surface area contributed by atoms with Gasteiger partial charge in [0.1, 0.15) is 0 Å². The van der Waals surface area contributed by atoms with E-state index in [-0.39, 0.29) is 93.0 Å². The van der Waals surface area contributed by atoms with E-state index in [4.69, 9.17) is 37.9 Å². The monoisotopic (exact) mass is 658 g/mol. The molecular weight excluding hydrogens is 632 g/mol. The molecule has 2 aliphatic rings. The van der Waals surface area contributed by atoms with Crippen molar-refractivity contribution in [2.24, 2.45) is 0 Å². The molecule has 0 fully saturated rings. The van der Waals surface area contributed by atoms with E-state index in [1.807, 2.05) is 0 Å². The molecule has 2 N–H and O–H groups in total. The molecule has 6 rings (SSSR count). The molecule has 48 heavy (non-hydrogen) atoms. The van der Waals surface area contributed by atoms with Crippen molar-refractivity contribution in [3.63, 3.8) is 0 Å². The Balaban J connectivity index is 1.50. The second-order valence-electron chi connectivity index (χ2n) is 10.3. The Bertz CT molecular complexity index is 1880. The Kier molecular flexibility index (Phi) is 8.14. The largest absolute Gasteiger partial charge is 0.504 e. The molecule has 246 valence electrons. The first kappa shape index (κ1) is 31.5. The molecule has 14 heteroatoms. The number of ketones is 4. The summed E-state index contributed by atoms with van der Waals surface area (Å²) >= 11 is 0. The minimum atomic E-state index is -1.11. The topological polar surface area (TPSA) is 183 Å². The van der Waals surface area contributed by atoms with Gasteiger partial charge in [0.25, 0.3) is 0 Å². The normalized spacial score (nSPS) is 12.3. The smallest absolute Gasteiger partial charge is 0.234 e. The predicted molar refractivity (Wildman–Crippen MR) is 164 cm³/mol. The molecule has 0 saturated carbocycles. The van der Waals surface area contributed by atoms with Crippen LogP contribution in [0.25, 0.3) is 11.1 Å². The van der Waals surface area contributed by atoms with E-state index in [0.717, 1.165) is 12.1 Å². The van der Waals surface area contributed by atoms with Crippen LogP contribution >= 0.6 is 0 Å². The summed E-state index contributed by atoms with van der Waals surface area (Å²) in [6.07, 6.45) is 0. The number of rotatable bonds is 11. The SMILES string of the molecule is COc1cc(-c2cc(OC)c(O)cc2C(=O)C(=O)c2cc(OC)c3c(c2)OCO3)c(C(=O)C(=O)c2cc(OC)c3c(c2)OCO3)cc1O. The van der Waals surface area contributed by atoms with E-state index in [9.17, 15) is 29.4 Å². The third-order valence-electron chi connectivity index (χ3n) is 7.67. The molecule has 0 aliphatic carbocycles. The van der Waals surface area contributed by atoms with Crippen molar-refractivity contribution >= 4 is 23.1 Å². The van der Waals surface area contributed by atoms with Crippen LogP contribution in [0.4, 0.5) is 0 Å². The van der Waals surface area contributed by atoms with E-state index in [1.165, 1.54) is 64.8 Å². The maximum absolute atomic E-state index is 13.9. The molecule has 2 heterocycles. The van der Waals surface area contributed by atoms with Crippen molar-refractivity contribution in [3.8, 4) is 68.6 Å². The van der Waals surface area contributed by atoms with Crippen LogP contribution < -0.4 is 37.9 Å². The van der Waals surface area contributed by atoms with Gasteiger partial charge in [-0.3, -0.25) is 19.2 Å². The van der Waals surface area contributed by atoms with Gasteiger partial charge in [-0.1, -0.05) is 0 Å². The number of hydrogen-bond donors (Lipinski definition) is 2. The maximum Gasteiger partial charge on any atom is 0.234 e. The van der Waals surface area contributed by atoms with Crippen LogP contribution in [0, 0.1) is 0 Å². The predicted octanol–water partition coefficient (Wildman–Crippen LogP) is 4.39. The quantitative estimate of drug-likeness (QED) is 0.171. The van der Waals surface area contributed by atoms with Crippen LogP contribution in [0.15, 0.2) is 48.5 Å². The summed E-state index contributed by atoms with van der Waals surface area (Å²) in [6, 6.07) is 9.64. The average Bonchev–Trinajstić information content (AvgIpc) is 3.79.